The molecular weight excluding hydrogens is 248 g/mol. The third-order valence-corrected chi connectivity index (χ3v) is 3.69. The van der Waals surface area contributed by atoms with Gasteiger partial charge in [0.2, 0.25) is 0 Å². The molecule has 0 aromatic carbocycles. The van der Waals surface area contributed by atoms with Crippen molar-refractivity contribution in [1.82, 2.24) is 9.88 Å². The predicted molar refractivity (Wildman–Crippen MR) is 71.8 cm³/mol. The van der Waals surface area contributed by atoms with Crippen LogP contribution in [0.3, 0.4) is 0 Å². The van der Waals surface area contributed by atoms with Crippen molar-refractivity contribution in [2.45, 2.75) is 13.0 Å². The van der Waals surface area contributed by atoms with E-state index in [-0.39, 0.29) is 12.5 Å². The van der Waals surface area contributed by atoms with Crippen molar-refractivity contribution in [2.24, 2.45) is 7.05 Å². The number of aromatic nitrogens is 1. The quantitative estimate of drug-likeness (QED) is 0.885. The minimum Gasteiger partial charge on any atom is -0.387 e. The number of nitrogens with one attached hydrogen (secondary N) is 1. The molecule has 18 heavy (non-hydrogen) atoms. The SMILES string of the molecule is Cc1ccc(C(=O)NCC(O)c2ccsc2)n1C. The summed E-state index contributed by atoms with van der Waals surface area (Å²) >= 11 is 1.53. The molecule has 1 amide bonds. The van der Waals surface area contributed by atoms with Crippen molar-refractivity contribution in [2.75, 3.05) is 6.54 Å². The lowest BCUT2D eigenvalue weighted by Crippen LogP contribution is -2.29. The molecular formula is C13H16N2O2S. The second-order valence-corrected chi connectivity index (χ2v) is 4.98. The number of aryl methyl sites for hydroxylation is 1. The number of thiophene rings is 1. The average Bonchev–Trinajstić information content (AvgIpc) is 2.98. The van der Waals surface area contributed by atoms with Crippen molar-refractivity contribution < 1.29 is 9.90 Å². The fourth-order valence-corrected chi connectivity index (χ4v) is 2.41. The van der Waals surface area contributed by atoms with Gasteiger partial charge in [-0.05, 0) is 41.4 Å². The molecule has 0 bridgehead atoms. The highest BCUT2D eigenvalue weighted by Gasteiger charge is 2.13. The highest BCUT2D eigenvalue weighted by Crippen LogP contribution is 2.15. The molecule has 0 radical (unpaired) electrons. The van der Waals surface area contributed by atoms with Gasteiger partial charge in [0.05, 0.1) is 6.10 Å². The first kappa shape index (κ1) is 12.9. The van der Waals surface area contributed by atoms with E-state index in [0.717, 1.165) is 11.3 Å². The van der Waals surface area contributed by atoms with E-state index in [2.05, 4.69) is 5.32 Å². The number of carbonyl (C=O) groups is 1. The Balaban J connectivity index is 1.95. The van der Waals surface area contributed by atoms with Crippen LogP contribution in [0.25, 0.3) is 0 Å². The number of aliphatic hydroxyl groups is 1. The third kappa shape index (κ3) is 2.63. The Kier molecular flexibility index (Phi) is 3.84. The fraction of sp³-hybridized carbons (Fsp3) is 0.308. The van der Waals surface area contributed by atoms with Crippen LogP contribution >= 0.6 is 11.3 Å². The summed E-state index contributed by atoms with van der Waals surface area (Å²) in [5.74, 6) is -0.167. The van der Waals surface area contributed by atoms with Gasteiger partial charge in [0, 0.05) is 19.3 Å². The van der Waals surface area contributed by atoms with Crippen LogP contribution in [0.1, 0.15) is 27.8 Å². The van der Waals surface area contributed by atoms with Crippen LogP contribution in [-0.4, -0.2) is 22.1 Å². The van der Waals surface area contributed by atoms with Gasteiger partial charge in [-0.15, -0.1) is 0 Å². The van der Waals surface area contributed by atoms with Gasteiger partial charge in [0.25, 0.3) is 5.91 Å². The molecule has 0 aliphatic heterocycles. The lowest BCUT2D eigenvalue weighted by atomic mass is 10.2. The molecule has 96 valence electrons. The Bertz CT molecular complexity index is 531. The minimum absolute atomic E-state index is 0.167. The lowest BCUT2D eigenvalue weighted by molar-refractivity contribution is 0.0908. The Morgan fingerprint density at radius 1 is 1.50 bits per heavy atom. The van der Waals surface area contributed by atoms with Crippen LogP contribution in [0.15, 0.2) is 29.0 Å². The first-order valence-electron chi connectivity index (χ1n) is 5.70. The van der Waals surface area contributed by atoms with Gasteiger partial charge in [-0.2, -0.15) is 11.3 Å². The van der Waals surface area contributed by atoms with Gasteiger partial charge in [0.1, 0.15) is 5.69 Å². The van der Waals surface area contributed by atoms with Gasteiger partial charge in [-0.3, -0.25) is 4.79 Å². The number of nitrogens with zero attached hydrogens (tertiary/aromatic N) is 1. The molecule has 0 fully saturated rings. The number of aliphatic hydroxyl groups excluding tert-OH is 1. The Hall–Kier alpha value is -1.59. The van der Waals surface area contributed by atoms with E-state index in [1.807, 2.05) is 41.4 Å². The first-order chi connectivity index (χ1) is 8.59. The highest BCUT2D eigenvalue weighted by molar-refractivity contribution is 7.07. The average molecular weight is 264 g/mol. The van der Waals surface area contributed by atoms with Gasteiger partial charge in [-0.1, -0.05) is 0 Å². The van der Waals surface area contributed by atoms with Crippen molar-refractivity contribution in [1.29, 1.82) is 0 Å². The molecule has 4 nitrogen and oxygen atoms in total. The van der Waals surface area contributed by atoms with Gasteiger partial charge < -0.3 is 15.0 Å². The molecule has 2 N–H and O–H groups in total. The molecule has 2 aromatic heterocycles. The molecule has 0 aliphatic carbocycles. The third-order valence-electron chi connectivity index (χ3n) is 2.99. The molecule has 2 aromatic rings. The zero-order valence-corrected chi connectivity index (χ0v) is 11.2. The lowest BCUT2D eigenvalue weighted by Gasteiger charge is -2.11. The summed E-state index contributed by atoms with van der Waals surface area (Å²) in [5, 5.41) is 16.4. The fourth-order valence-electron chi connectivity index (χ4n) is 1.70. The van der Waals surface area contributed by atoms with Crippen molar-refractivity contribution in [3.8, 4) is 0 Å². The van der Waals surface area contributed by atoms with E-state index in [1.165, 1.54) is 11.3 Å². The van der Waals surface area contributed by atoms with Gasteiger partial charge in [-0.25, -0.2) is 0 Å². The standard InChI is InChI=1S/C13H16N2O2S/c1-9-3-4-11(15(9)2)13(17)14-7-12(16)10-5-6-18-8-10/h3-6,8,12,16H,7H2,1-2H3,(H,14,17). The van der Waals surface area contributed by atoms with E-state index < -0.39 is 6.10 Å². The summed E-state index contributed by atoms with van der Waals surface area (Å²) < 4.78 is 1.83. The first-order valence-corrected chi connectivity index (χ1v) is 6.64. The predicted octanol–water partition coefficient (Wildman–Crippen LogP) is 1.86. The molecule has 0 saturated carbocycles. The molecule has 0 saturated heterocycles. The molecule has 2 rings (SSSR count). The topological polar surface area (TPSA) is 54.3 Å². The number of hydrogen-bond donors (Lipinski definition) is 2. The summed E-state index contributed by atoms with van der Waals surface area (Å²) in [5.41, 5.74) is 2.46. The summed E-state index contributed by atoms with van der Waals surface area (Å²) in [4.78, 5) is 11.9. The van der Waals surface area contributed by atoms with Crippen molar-refractivity contribution in [3.05, 3.63) is 45.9 Å². The van der Waals surface area contributed by atoms with Crippen LogP contribution in [0.4, 0.5) is 0 Å². The number of amides is 1. The van der Waals surface area contributed by atoms with E-state index in [9.17, 15) is 9.90 Å². The van der Waals surface area contributed by atoms with E-state index >= 15 is 0 Å². The summed E-state index contributed by atoms with van der Waals surface area (Å²) in [6, 6.07) is 5.53. The van der Waals surface area contributed by atoms with Crippen molar-refractivity contribution >= 4 is 17.2 Å². The van der Waals surface area contributed by atoms with E-state index in [4.69, 9.17) is 0 Å². The maximum Gasteiger partial charge on any atom is 0.268 e. The molecule has 2 heterocycles. The molecule has 0 aliphatic rings. The molecule has 0 spiro atoms. The smallest absolute Gasteiger partial charge is 0.268 e. The maximum atomic E-state index is 11.9. The highest BCUT2D eigenvalue weighted by atomic mass is 32.1. The normalized spacial score (nSPS) is 12.4. The number of carbonyl (C=O) groups excluding carboxylic acids is 1. The zero-order chi connectivity index (χ0) is 13.1. The van der Waals surface area contributed by atoms with E-state index in [0.29, 0.717) is 5.69 Å². The Morgan fingerprint density at radius 3 is 2.83 bits per heavy atom. The number of rotatable bonds is 4. The van der Waals surface area contributed by atoms with Crippen molar-refractivity contribution in [3.63, 3.8) is 0 Å². The van der Waals surface area contributed by atoms with Crippen LogP contribution in [0.5, 0.6) is 0 Å². The molecule has 1 unspecified atom stereocenters. The summed E-state index contributed by atoms with van der Waals surface area (Å²) in [7, 11) is 1.85. The number of hydrogen-bond acceptors (Lipinski definition) is 3. The largest absolute Gasteiger partial charge is 0.387 e. The van der Waals surface area contributed by atoms with Crippen LogP contribution in [0, 0.1) is 6.92 Å². The zero-order valence-electron chi connectivity index (χ0n) is 10.4. The second-order valence-electron chi connectivity index (χ2n) is 4.20. The molecule has 5 heteroatoms. The second kappa shape index (κ2) is 5.37. The summed E-state index contributed by atoms with van der Waals surface area (Å²) in [6.45, 7) is 2.16. The van der Waals surface area contributed by atoms with Gasteiger partial charge >= 0.3 is 0 Å². The molecule has 1 atom stereocenters. The monoisotopic (exact) mass is 264 g/mol. The Morgan fingerprint density at radius 2 is 2.28 bits per heavy atom. The van der Waals surface area contributed by atoms with E-state index in [1.54, 1.807) is 6.07 Å². The Labute approximate surface area is 110 Å². The van der Waals surface area contributed by atoms with Gasteiger partial charge in [0.15, 0.2) is 0 Å². The summed E-state index contributed by atoms with van der Waals surface area (Å²) in [6.07, 6.45) is -0.651. The minimum atomic E-state index is -0.651. The maximum absolute atomic E-state index is 11.9. The van der Waals surface area contributed by atoms with Crippen LogP contribution < -0.4 is 5.32 Å². The van der Waals surface area contributed by atoms with Crippen LogP contribution in [0.2, 0.25) is 0 Å². The van der Waals surface area contributed by atoms with Crippen LogP contribution in [-0.2, 0) is 7.05 Å².